The molecule has 0 amide bonds. The SMILES string of the molecule is O=S(=O)(NC1=CC=C(Cl)C2=CC(C3CC3)=CCN12)c1ccc(OC(F)(F)F)cc1. The Bertz CT molecular complexity index is 1050. The molecule has 2 heterocycles. The highest BCUT2D eigenvalue weighted by Gasteiger charge is 2.32. The summed E-state index contributed by atoms with van der Waals surface area (Å²) in [4.78, 5) is 1.55. The quantitative estimate of drug-likeness (QED) is 0.732. The van der Waals surface area contributed by atoms with Crippen molar-refractivity contribution in [3.8, 4) is 5.75 Å². The van der Waals surface area contributed by atoms with Gasteiger partial charge in [0, 0.05) is 6.54 Å². The number of allylic oxidation sites excluding steroid dienone is 5. The first-order valence-corrected chi connectivity index (χ1v) is 10.6. The van der Waals surface area contributed by atoms with Crippen molar-refractivity contribution in [3.63, 3.8) is 0 Å². The molecule has 1 fully saturated rings. The highest BCUT2D eigenvalue weighted by Crippen LogP contribution is 2.41. The molecular weight excluding hydrogens is 429 g/mol. The van der Waals surface area contributed by atoms with E-state index in [2.05, 4.69) is 9.46 Å². The zero-order valence-corrected chi connectivity index (χ0v) is 16.5. The summed E-state index contributed by atoms with van der Waals surface area (Å²) < 4.78 is 68.4. The van der Waals surface area contributed by atoms with Crippen LogP contribution in [0.5, 0.6) is 5.75 Å². The Kier molecular flexibility index (Phi) is 4.90. The van der Waals surface area contributed by atoms with Crippen LogP contribution in [0.25, 0.3) is 0 Å². The van der Waals surface area contributed by atoms with Crippen LogP contribution in [-0.4, -0.2) is 26.2 Å². The van der Waals surface area contributed by atoms with Crippen LogP contribution in [0.3, 0.4) is 0 Å². The van der Waals surface area contributed by atoms with E-state index in [0.29, 0.717) is 29.0 Å². The third kappa shape index (κ3) is 4.45. The Morgan fingerprint density at radius 2 is 1.83 bits per heavy atom. The number of benzene rings is 1. The summed E-state index contributed by atoms with van der Waals surface area (Å²) in [6.45, 7) is 0.467. The van der Waals surface area contributed by atoms with E-state index in [4.69, 9.17) is 11.6 Å². The molecule has 1 aromatic rings. The van der Waals surface area contributed by atoms with Crippen molar-refractivity contribution in [3.05, 3.63) is 70.7 Å². The number of sulfonamides is 1. The van der Waals surface area contributed by atoms with Crippen LogP contribution in [0.1, 0.15) is 12.8 Å². The lowest BCUT2D eigenvalue weighted by molar-refractivity contribution is -0.274. The summed E-state index contributed by atoms with van der Waals surface area (Å²) in [5, 5.41) is 0.507. The average molecular weight is 445 g/mol. The van der Waals surface area contributed by atoms with Crippen LogP contribution in [0.2, 0.25) is 0 Å². The van der Waals surface area contributed by atoms with Gasteiger partial charge in [0.1, 0.15) is 11.6 Å². The van der Waals surface area contributed by atoms with E-state index < -0.39 is 22.1 Å². The fourth-order valence-electron chi connectivity index (χ4n) is 3.15. The number of hydrogen-bond donors (Lipinski definition) is 1. The van der Waals surface area contributed by atoms with Crippen LogP contribution >= 0.6 is 11.6 Å². The van der Waals surface area contributed by atoms with E-state index in [1.807, 2.05) is 12.2 Å². The molecule has 4 rings (SSSR count). The number of fused-ring (bicyclic) bond motifs is 1. The maximum atomic E-state index is 12.7. The van der Waals surface area contributed by atoms with E-state index in [1.54, 1.807) is 17.1 Å². The van der Waals surface area contributed by atoms with Gasteiger partial charge in [0.15, 0.2) is 0 Å². The molecule has 5 nitrogen and oxygen atoms in total. The molecule has 3 aliphatic rings. The Morgan fingerprint density at radius 1 is 1.14 bits per heavy atom. The van der Waals surface area contributed by atoms with Gasteiger partial charge in [-0.05, 0) is 66.8 Å². The van der Waals surface area contributed by atoms with Crippen molar-refractivity contribution >= 4 is 21.6 Å². The molecule has 154 valence electrons. The molecular formula is C19H16ClF3N2O3S. The minimum absolute atomic E-state index is 0.190. The van der Waals surface area contributed by atoms with Crippen molar-refractivity contribution in [2.75, 3.05) is 6.54 Å². The molecule has 1 saturated carbocycles. The second kappa shape index (κ2) is 7.14. The second-order valence-electron chi connectivity index (χ2n) is 6.81. The molecule has 29 heavy (non-hydrogen) atoms. The zero-order chi connectivity index (χ0) is 20.8. The lowest BCUT2D eigenvalue weighted by atomic mass is 10.0. The zero-order valence-electron chi connectivity index (χ0n) is 14.9. The third-order valence-corrected chi connectivity index (χ3v) is 6.37. The second-order valence-corrected chi connectivity index (χ2v) is 8.90. The molecule has 1 aromatic carbocycles. The lowest BCUT2D eigenvalue weighted by Gasteiger charge is -2.34. The summed E-state index contributed by atoms with van der Waals surface area (Å²) in [7, 11) is -4.02. The number of ether oxygens (including phenoxy) is 1. The van der Waals surface area contributed by atoms with Crippen LogP contribution in [0, 0.1) is 5.92 Å². The molecule has 1 aliphatic carbocycles. The van der Waals surface area contributed by atoms with Gasteiger partial charge >= 0.3 is 6.36 Å². The van der Waals surface area contributed by atoms with Gasteiger partial charge in [0.25, 0.3) is 10.0 Å². The van der Waals surface area contributed by atoms with Gasteiger partial charge in [-0.2, -0.15) is 0 Å². The molecule has 0 aromatic heterocycles. The smallest absolute Gasteiger partial charge is 0.406 e. The average Bonchev–Trinajstić information content (AvgIpc) is 3.48. The monoisotopic (exact) mass is 444 g/mol. The van der Waals surface area contributed by atoms with E-state index >= 15 is 0 Å². The normalized spacial score (nSPS) is 19.5. The number of alkyl halides is 3. The van der Waals surface area contributed by atoms with Crippen LogP contribution in [0.15, 0.2) is 75.6 Å². The number of halogens is 4. The molecule has 0 spiro atoms. The highest BCUT2D eigenvalue weighted by molar-refractivity contribution is 7.89. The number of hydrogen-bond acceptors (Lipinski definition) is 4. The van der Waals surface area contributed by atoms with Crippen LogP contribution in [-0.2, 0) is 10.0 Å². The van der Waals surface area contributed by atoms with Gasteiger partial charge in [-0.25, -0.2) is 8.42 Å². The van der Waals surface area contributed by atoms with Crippen molar-refractivity contribution in [1.82, 2.24) is 9.62 Å². The van der Waals surface area contributed by atoms with E-state index in [-0.39, 0.29) is 4.90 Å². The minimum atomic E-state index is -4.85. The Balaban J connectivity index is 1.53. The molecule has 0 atom stereocenters. The highest BCUT2D eigenvalue weighted by atomic mass is 35.5. The first-order chi connectivity index (χ1) is 13.6. The first-order valence-electron chi connectivity index (χ1n) is 8.78. The molecule has 0 radical (unpaired) electrons. The number of nitrogens with zero attached hydrogens (tertiary/aromatic N) is 1. The molecule has 0 bridgehead atoms. The van der Waals surface area contributed by atoms with Gasteiger partial charge in [-0.1, -0.05) is 17.7 Å². The maximum absolute atomic E-state index is 12.7. The van der Waals surface area contributed by atoms with Crippen LogP contribution < -0.4 is 9.46 Å². The summed E-state index contributed by atoms with van der Waals surface area (Å²) in [5.74, 6) is 0.349. The molecule has 0 unspecified atom stereocenters. The molecule has 1 N–H and O–H groups in total. The Labute approximate surface area is 170 Å². The number of nitrogens with one attached hydrogen (secondary N) is 1. The lowest BCUT2D eigenvalue weighted by Crippen LogP contribution is -2.37. The van der Waals surface area contributed by atoms with E-state index in [1.165, 1.54) is 5.57 Å². The topological polar surface area (TPSA) is 58.6 Å². The fourth-order valence-corrected chi connectivity index (χ4v) is 4.44. The predicted octanol–water partition coefficient (Wildman–Crippen LogP) is 4.38. The van der Waals surface area contributed by atoms with Crippen LogP contribution in [0.4, 0.5) is 13.2 Å². The van der Waals surface area contributed by atoms with Gasteiger partial charge in [0.2, 0.25) is 0 Å². The predicted molar refractivity (Wildman–Crippen MR) is 101 cm³/mol. The number of rotatable bonds is 5. The Morgan fingerprint density at radius 3 is 2.45 bits per heavy atom. The van der Waals surface area contributed by atoms with E-state index in [0.717, 1.165) is 37.1 Å². The van der Waals surface area contributed by atoms with Gasteiger partial charge < -0.3 is 9.64 Å². The van der Waals surface area contributed by atoms with Gasteiger partial charge in [-0.15, -0.1) is 13.2 Å². The van der Waals surface area contributed by atoms with Crippen molar-refractivity contribution < 1.29 is 26.3 Å². The Hall–Kier alpha value is -2.39. The summed E-state index contributed by atoms with van der Waals surface area (Å²) in [6.07, 6.45) is 4.60. The maximum Gasteiger partial charge on any atom is 0.573 e. The van der Waals surface area contributed by atoms with E-state index in [9.17, 15) is 21.6 Å². The van der Waals surface area contributed by atoms with Crippen molar-refractivity contribution in [2.24, 2.45) is 5.92 Å². The molecule has 2 aliphatic heterocycles. The standard InChI is InChI=1S/C19H16ClF3N2O3S/c20-16-7-8-18(25-10-9-13(11-17(16)25)12-1-2-12)24-29(26,27)15-5-3-14(4-6-15)28-19(21,22)23/h3-9,11-12,24H,1-2,10H2. The first kappa shape index (κ1) is 19.9. The van der Waals surface area contributed by atoms with Gasteiger partial charge in [0.05, 0.1) is 15.6 Å². The third-order valence-electron chi connectivity index (χ3n) is 4.68. The minimum Gasteiger partial charge on any atom is -0.406 e. The molecule has 0 saturated heterocycles. The van der Waals surface area contributed by atoms with Crippen molar-refractivity contribution in [2.45, 2.75) is 24.1 Å². The fraction of sp³-hybridized carbons (Fsp3) is 0.263. The summed E-state index contributed by atoms with van der Waals surface area (Å²) >= 11 is 6.30. The van der Waals surface area contributed by atoms with Crippen molar-refractivity contribution in [1.29, 1.82) is 0 Å². The largest absolute Gasteiger partial charge is 0.573 e. The molecule has 10 heteroatoms. The van der Waals surface area contributed by atoms with Gasteiger partial charge in [-0.3, -0.25) is 4.72 Å². The summed E-state index contributed by atoms with van der Waals surface area (Å²) in [6, 6.07) is 4.00. The summed E-state index contributed by atoms with van der Waals surface area (Å²) in [5.41, 5.74) is 1.91.